The Bertz CT molecular complexity index is 1590. The van der Waals surface area contributed by atoms with E-state index >= 15 is 0 Å². The van der Waals surface area contributed by atoms with Crippen LogP contribution in [-0.2, 0) is 4.79 Å². The Balaban J connectivity index is 1.29. The van der Waals surface area contributed by atoms with Crippen LogP contribution in [0.15, 0.2) is 60.7 Å². The summed E-state index contributed by atoms with van der Waals surface area (Å²) in [5.41, 5.74) is 1.25. The van der Waals surface area contributed by atoms with Gasteiger partial charge in [-0.3, -0.25) is 29.4 Å². The number of benzene rings is 3. The van der Waals surface area contributed by atoms with Gasteiger partial charge in [-0.2, -0.15) is 5.26 Å². The predicted octanol–water partition coefficient (Wildman–Crippen LogP) is 6.08. The van der Waals surface area contributed by atoms with Crippen molar-refractivity contribution >= 4 is 46.7 Å². The molecular formula is C30H24ClN3O7. The number of nitro benzene ring substituents is 1. The van der Waals surface area contributed by atoms with Crippen LogP contribution in [0.4, 0.5) is 5.69 Å². The molecule has 0 fully saturated rings. The molecule has 0 bridgehead atoms. The maximum atomic E-state index is 12.6. The van der Waals surface area contributed by atoms with Crippen LogP contribution in [0.25, 0.3) is 11.6 Å². The third-order valence-corrected chi connectivity index (χ3v) is 6.69. The van der Waals surface area contributed by atoms with E-state index in [-0.39, 0.29) is 29.8 Å². The second-order valence-corrected chi connectivity index (χ2v) is 9.53. The number of unbranched alkanes of at least 4 members (excludes halogenated alkanes) is 2. The van der Waals surface area contributed by atoms with E-state index in [2.05, 4.69) is 6.07 Å². The first-order valence-electron chi connectivity index (χ1n) is 12.6. The molecule has 3 aromatic rings. The highest BCUT2D eigenvalue weighted by atomic mass is 35.5. The molecule has 41 heavy (non-hydrogen) atoms. The number of ether oxygens (including phenoxy) is 2. The van der Waals surface area contributed by atoms with Gasteiger partial charge in [0.15, 0.2) is 11.5 Å². The Kier molecular flexibility index (Phi) is 9.12. The number of methoxy groups -OCH3 is 1. The van der Waals surface area contributed by atoms with Crippen molar-refractivity contribution in [3.05, 3.63) is 98.1 Å². The lowest BCUT2D eigenvalue weighted by Gasteiger charge is -2.13. The number of allylic oxidation sites excluding steroid dienone is 1. The number of amides is 2. The third kappa shape index (κ3) is 6.59. The van der Waals surface area contributed by atoms with Crippen LogP contribution in [0.5, 0.6) is 11.5 Å². The van der Waals surface area contributed by atoms with Gasteiger partial charge in [-0.1, -0.05) is 42.3 Å². The number of imide groups is 1. The van der Waals surface area contributed by atoms with E-state index in [1.165, 1.54) is 25.3 Å². The van der Waals surface area contributed by atoms with Gasteiger partial charge in [0.25, 0.3) is 17.5 Å². The zero-order chi connectivity index (χ0) is 29.5. The molecule has 2 amide bonds. The average Bonchev–Trinajstić information content (AvgIpc) is 3.21. The molecule has 0 saturated carbocycles. The number of esters is 1. The standard InChI is InChI=1S/C30H24ClN3O7/c1-40-26-17-19(16-21(18-32)20-10-12-22(31)13-11-20)9-14-25(26)41-27(35)8-3-2-4-15-33-29(36)23-6-5-7-24(34(38)39)28(23)30(33)37/h5-7,9-14,16-17H,2-4,8,15H2,1H3/b21-16+. The molecule has 0 radical (unpaired) electrons. The minimum atomic E-state index is -0.683. The van der Waals surface area contributed by atoms with E-state index in [0.717, 1.165) is 4.90 Å². The summed E-state index contributed by atoms with van der Waals surface area (Å²) in [6, 6.07) is 18.0. The van der Waals surface area contributed by atoms with Gasteiger partial charge in [0.2, 0.25) is 0 Å². The number of nitriles is 1. The molecule has 0 spiro atoms. The number of hydrogen-bond acceptors (Lipinski definition) is 8. The van der Waals surface area contributed by atoms with E-state index < -0.39 is 28.4 Å². The number of rotatable bonds is 11. The van der Waals surface area contributed by atoms with Crippen molar-refractivity contribution in [2.24, 2.45) is 0 Å². The Morgan fingerprint density at radius 3 is 2.49 bits per heavy atom. The van der Waals surface area contributed by atoms with E-state index in [0.29, 0.717) is 46.7 Å². The van der Waals surface area contributed by atoms with Crippen LogP contribution < -0.4 is 9.47 Å². The predicted molar refractivity (Wildman–Crippen MR) is 150 cm³/mol. The molecular weight excluding hydrogens is 550 g/mol. The van der Waals surface area contributed by atoms with Crippen LogP contribution in [0, 0.1) is 21.4 Å². The first kappa shape index (κ1) is 29.0. The first-order chi connectivity index (χ1) is 19.7. The minimum absolute atomic E-state index is 0.0251. The lowest BCUT2D eigenvalue weighted by atomic mass is 10.0. The molecule has 0 saturated heterocycles. The summed E-state index contributed by atoms with van der Waals surface area (Å²) >= 11 is 5.93. The van der Waals surface area contributed by atoms with Gasteiger partial charge in [-0.05, 0) is 60.4 Å². The summed E-state index contributed by atoms with van der Waals surface area (Å²) in [7, 11) is 1.44. The second-order valence-electron chi connectivity index (χ2n) is 9.09. The van der Waals surface area contributed by atoms with Crippen molar-refractivity contribution in [2.45, 2.75) is 25.7 Å². The summed E-state index contributed by atoms with van der Waals surface area (Å²) < 4.78 is 10.8. The van der Waals surface area contributed by atoms with Gasteiger partial charge < -0.3 is 9.47 Å². The number of halogens is 1. The van der Waals surface area contributed by atoms with E-state index in [9.17, 15) is 29.8 Å². The maximum absolute atomic E-state index is 12.6. The molecule has 11 heteroatoms. The van der Waals surface area contributed by atoms with Gasteiger partial charge in [0.1, 0.15) is 5.56 Å². The van der Waals surface area contributed by atoms with Crippen LogP contribution in [0.1, 0.15) is 57.5 Å². The first-order valence-corrected chi connectivity index (χ1v) is 13.0. The van der Waals surface area contributed by atoms with Gasteiger partial charge in [-0.25, -0.2) is 0 Å². The van der Waals surface area contributed by atoms with Gasteiger partial charge in [-0.15, -0.1) is 0 Å². The Labute approximate surface area is 240 Å². The van der Waals surface area contributed by atoms with Gasteiger partial charge in [0.05, 0.1) is 29.2 Å². The van der Waals surface area contributed by atoms with E-state index in [1.807, 2.05) is 0 Å². The fourth-order valence-corrected chi connectivity index (χ4v) is 4.52. The number of hydrogen-bond donors (Lipinski definition) is 0. The topological polar surface area (TPSA) is 140 Å². The molecule has 0 aromatic heterocycles. The summed E-state index contributed by atoms with van der Waals surface area (Å²) in [5, 5.41) is 21.4. The normalized spacial score (nSPS) is 12.6. The number of nitrogens with zero attached hydrogens (tertiary/aromatic N) is 3. The molecule has 3 aromatic carbocycles. The monoisotopic (exact) mass is 573 g/mol. The summed E-state index contributed by atoms with van der Waals surface area (Å²) in [6.45, 7) is 0.0854. The fourth-order valence-electron chi connectivity index (χ4n) is 4.40. The lowest BCUT2D eigenvalue weighted by Crippen LogP contribution is -2.30. The van der Waals surface area contributed by atoms with Crippen LogP contribution >= 0.6 is 11.6 Å². The maximum Gasteiger partial charge on any atom is 0.311 e. The van der Waals surface area contributed by atoms with Crippen molar-refractivity contribution in [3.8, 4) is 17.6 Å². The third-order valence-electron chi connectivity index (χ3n) is 6.43. The van der Waals surface area contributed by atoms with E-state index in [4.69, 9.17) is 21.1 Å². The summed E-state index contributed by atoms with van der Waals surface area (Å²) in [5.74, 6) is -1.18. The number of carbonyl (C=O) groups is 3. The summed E-state index contributed by atoms with van der Waals surface area (Å²) in [4.78, 5) is 49.2. The SMILES string of the molecule is COc1cc(/C=C(\C#N)c2ccc(Cl)cc2)ccc1OC(=O)CCCCCN1C(=O)c2cccc([N+](=O)[O-])c2C1=O. The molecule has 0 N–H and O–H groups in total. The minimum Gasteiger partial charge on any atom is -0.493 e. The number of fused-ring (bicyclic) bond motifs is 1. The van der Waals surface area contributed by atoms with Crippen LogP contribution in [-0.4, -0.2) is 41.3 Å². The van der Waals surface area contributed by atoms with E-state index in [1.54, 1.807) is 48.5 Å². The van der Waals surface area contributed by atoms with Gasteiger partial charge in [0, 0.05) is 24.1 Å². The molecule has 0 aliphatic carbocycles. The molecule has 0 atom stereocenters. The molecule has 1 aliphatic heterocycles. The smallest absolute Gasteiger partial charge is 0.311 e. The number of carbonyl (C=O) groups excluding carboxylic acids is 3. The van der Waals surface area contributed by atoms with Crippen LogP contribution in [0.3, 0.4) is 0 Å². The Morgan fingerprint density at radius 1 is 1.05 bits per heavy atom. The quantitative estimate of drug-likeness (QED) is 0.0392. The zero-order valence-corrected chi connectivity index (χ0v) is 22.7. The highest BCUT2D eigenvalue weighted by Gasteiger charge is 2.40. The molecule has 208 valence electrons. The Hall–Kier alpha value is -5.01. The Morgan fingerprint density at radius 2 is 1.80 bits per heavy atom. The molecule has 10 nitrogen and oxygen atoms in total. The largest absolute Gasteiger partial charge is 0.493 e. The van der Waals surface area contributed by atoms with Crippen LogP contribution in [0.2, 0.25) is 5.02 Å². The zero-order valence-electron chi connectivity index (χ0n) is 22.0. The highest BCUT2D eigenvalue weighted by molar-refractivity contribution is 6.30. The van der Waals surface area contributed by atoms with Crippen molar-refractivity contribution in [2.75, 3.05) is 13.7 Å². The van der Waals surface area contributed by atoms with Crippen molar-refractivity contribution in [3.63, 3.8) is 0 Å². The second kappa shape index (κ2) is 12.9. The lowest BCUT2D eigenvalue weighted by molar-refractivity contribution is -0.385. The van der Waals surface area contributed by atoms with Gasteiger partial charge >= 0.3 is 5.97 Å². The molecule has 4 rings (SSSR count). The summed E-state index contributed by atoms with van der Waals surface area (Å²) in [6.07, 6.45) is 3.16. The van der Waals surface area contributed by atoms with Crippen molar-refractivity contribution in [1.29, 1.82) is 5.26 Å². The molecule has 1 heterocycles. The average molecular weight is 574 g/mol. The van der Waals surface area contributed by atoms with Crippen molar-refractivity contribution < 1.29 is 28.8 Å². The molecule has 1 aliphatic rings. The number of nitro groups is 1. The fraction of sp³-hybridized carbons (Fsp3) is 0.200. The van der Waals surface area contributed by atoms with Crippen molar-refractivity contribution in [1.82, 2.24) is 4.90 Å². The molecule has 0 unspecified atom stereocenters. The highest BCUT2D eigenvalue weighted by Crippen LogP contribution is 2.32.